The molecule has 0 bridgehead atoms. The van der Waals surface area contributed by atoms with E-state index < -0.39 is 114 Å². The largest absolute Gasteiger partial charge is 0.508 e. The molecule has 1 aromatic rings. The molecule has 5 amide bonds. The molecule has 1 aliphatic heterocycles. The fourth-order valence-electron chi connectivity index (χ4n) is 6.90. The lowest BCUT2D eigenvalue weighted by molar-refractivity contribution is -0.193. The van der Waals surface area contributed by atoms with Crippen molar-refractivity contribution in [1.29, 1.82) is 0 Å². The third-order valence-electron chi connectivity index (χ3n) is 11.0. The predicted octanol–water partition coefficient (Wildman–Crippen LogP) is 0.718. The van der Waals surface area contributed by atoms with Gasteiger partial charge in [-0.25, -0.2) is 19.2 Å². The summed E-state index contributed by atoms with van der Waals surface area (Å²) in [5.41, 5.74) is 28.4. The molecule has 0 saturated carbocycles. The summed E-state index contributed by atoms with van der Waals surface area (Å²) in [7, 11) is 1.43. The molecular formula is C45H69F9N12O14. The predicted molar refractivity (Wildman–Crippen MR) is 264 cm³/mol. The Labute approximate surface area is 451 Å². The van der Waals surface area contributed by atoms with Gasteiger partial charge < -0.3 is 80.0 Å². The Balaban J connectivity index is 0. The molecular weight excluding hydrogens is 1100 g/mol. The van der Waals surface area contributed by atoms with Crippen LogP contribution in [0, 0.1) is 11.8 Å². The number of likely N-dealkylation sites (tertiary alicyclic amines) is 1. The van der Waals surface area contributed by atoms with Crippen molar-refractivity contribution in [2.24, 2.45) is 50.5 Å². The van der Waals surface area contributed by atoms with Gasteiger partial charge in [-0.05, 0) is 74.5 Å². The summed E-state index contributed by atoms with van der Waals surface area (Å²) < 4.78 is 95.2. The minimum atomic E-state index is -5.08. The Morgan fingerprint density at radius 3 is 1.54 bits per heavy atom. The van der Waals surface area contributed by atoms with E-state index >= 15 is 0 Å². The zero-order chi connectivity index (χ0) is 62.6. The van der Waals surface area contributed by atoms with Gasteiger partial charge in [0.2, 0.25) is 29.5 Å². The molecule has 0 radical (unpaired) electrons. The number of amides is 5. The lowest BCUT2D eigenvalue weighted by atomic mass is 9.94. The molecule has 2 rings (SSSR count). The molecule has 0 unspecified atom stereocenters. The molecule has 35 heteroatoms. The van der Waals surface area contributed by atoms with Gasteiger partial charge in [0.1, 0.15) is 36.0 Å². The molecule has 0 spiro atoms. The number of carbonyl (C=O) groups is 9. The van der Waals surface area contributed by atoms with Crippen molar-refractivity contribution in [2.45, 2.75) is 140 Å². The number of guanidine groups is 2. The second kappa shape index (κ2) is 34.9. The number of aliphatic carboxylic acids is 4. The van der Waals surface area contributed by atoms with Gasteiger partial charge in [-0.1, -0.05) is 46.2 Å². The number of alkyl halides is 9. The lowest BCUT2D eigenvalue weighted by Crippen LogP contribution is -2.60. The number of nitrogens with zero attached hydrogens (tertiary/aromatic N) is 4. The van der Waals surface area contributed by atoms with Crippen LogP contribution in [0.1, 0.15) is 84.6 Å². The van der Waals surface area contributed by atoms with E-state index in [2.05, 4.69) is 25.9 Å². The maximum Gasteiger partial charge on any atom is 0.490 e. The van der Waals surface area contributed by atoms with Gasteiger partial charge in [-0.3, -0.25) is 34.0 Å². The number of phenolic OH excluding ortho intramolecular Hbond substituents is 1. The number of phenols is 1. The average molecular weight is 1170 g/mol. The number of likely N-dealkylation sites (N-methyl/N-ethyl adjacent to an activating group) is 1. The smallest absolute Gasteiger partial charge is 0.490 e. The van der Waals surface area contributed by atoms with Crippen molar-refractivity contribution in [3.8, 4) is 5.75 Å². The second-order valence-corrected chi connectivity index (χ2v) is 17.9. The molecule has 1 aliphatic rings. The lowest BCUT2D eigenvalue weighted by Gasteiger charge is -2.35. The number of aromatic hydroxyl groups is 1. The normalized spacial score (nSPS) is 15.3. The third-order valence-corrected chi connectivity index (χ3v) is 11.0. The van der Waals surface area contributed by atoms with E-state index in [0.717, 1.165) is 0 Å². The fraction of sp³-hybridized carbons (Fsp3) is 0.622. The molecule has 7 atom stereocenters. The van der Waals surface area contributed by atoms with Crippen LogP contribution in [-0.2, 0) is 49.6 Å². The van der Waals surface area contributed by atoms with Crippen LogP contribution in [0.25, 0.3) is 0 Å². The number of nitrogens with one attached hydrogen (secondary N) is 3. The van der Waals surface area contributed by atoms with Gasteiger partial charge in [0.05, 0.1) is 6.04 Å². The zero-order valence-electron chi connectivity index (χ0n) is 43.9. The molecule has 80 heavy (non-hydrogen) atoms. The van der Waals surface area contributed by atoms with Gasteiger partial charge in [-0.15, -0.1) is 0 Å². The Morgan fingerprint density at radius 1 is 0.700 bits per heavy atom. The van der Waals surface area contributed by atoms with Crippen LogP contribution < -0.4 is 44.6 Å². The first-order valence-corrected chi connectivity index (χ1v) is 23.9. The summed E-state index contributed by atoms with van der Waals surface area (Å²) in [5.74, 6) is -13.2. The summed E-state index contributed by atoms with van der Waals surface area (Å²) in [6.45, 7) is 7.91. The number of carboxylic acid groups (broad SMARTS) is 4. The highest BCUT2D eigenvalue weighted by Crippen LogP contribution is 2.23. The van der Waals surface area contributed by atoms with Gasteiger partial charge in [-0.2, -0.15) is 39.5 Å². The van der Waals surface area contributed by atoms with Gasteiger partial charge >= 0.3 is 42.4 Å². The third kappa shape index (κ3) is 29.7. The maximum absolute atomic E-state index is 14.4. The van der Waals surface area contributed by atoms with Crippen LogP contribution in [0.5, 0.6) is 5.75 Å². The number of halogens is 9. The zero-order valence-corrected chi connectivity index (χ0v) is 43.9. The molecule has 26 nitrogen and oxygen atoms in total. The number of rotatable bonds is 24. The van der Waals surface area contributed by atoms with Gasteiger partial charge in [0.25, 0.3) is 0 Å². The Hall–Kier alpha value is -7.88. The maximum atomic E-state index is 14.4. The number of hydrogen-bond acceptors (Lipinski definition) is 13. The first kappa shape index (κ1) is 74.2. The average Bonchev–Trinajstić information content (AvgIpc) is 3.83. The molecule has 1 heterocycles. The minimum absolute atomic E-state index is 0.00683. The minimum Gasteiger partial charge on any atom is -0.508 e. The van der Waals surface area contributed by atoms with Crippen molar-refractivity contribution >= 4 is 65.3 Å². The van der Waals surface area contributed by atoms with E-state index in [4.69, 9.17) is 58.4 Å². The second-order valence-electron chi connectivity index (χ2n) is 17.9. The van der Waals surface area contributed by atoms with Crippen molar-refractivity contribution in [1.82, 2.24) is 25.8 Å². The van der Waals surface area contributed by atoms with Crippen LogP contribution in [-0.4, -0.2) is 182 Å². The molecule has 1 saturated heterocycles. The SMILES string of the molecule is CC[C@H](C)[C@@H](C(=O)N[C@@H](CC(C)C)C(=O)O)N(C)C(=O)[C@H](Cc1ccc(O)cc1)NC(=O)[C@@H]1CCCN1C(=O)[C@H](CCCN=C(N)N)NC(=O)[C@@H](N)CCCN=C(N)N.O=C(O)C(F)(F)F.O=C(O)C(F)(F)F.O=C(O)C(F)(F)F. The fourth-order valence-corrected chi connectivity index (χ4v) is 6.90. The summed E-state index contributed by atoms with van der Waals surface area (Å²) in [6.07, 6.45) is -12.9. The molecule has 0 aromatic heterocycles. The molecule has 1 aromatic carbocycles. The number of nitrogens with two attached hydrogens (primary N) is 5. The monoisotopic (exact) mass is 1170 g/mol. The van der Waals surface area contributed by atoms with Crippen LogP contribution >= 0.6 is 0 Å². The molecule has 456 valence electrons. The van der Waals surface area contributed by atoms with Gasteiger partial charge in [0, 0.05) is 33.1 Å². The van der Waals surface area contributed by atoms with E-state index in [0.29, 0.717) is 31.2 Å². The van der Waals surface area contributed by atoms with Crippen LogP contribution in [0.3, 0.4) is 0 Å². The number of carbonyl (C=O) groups excluding carboxylic acids is 5. The van der Waals surface area contributed by atoms with Crippen LogP contribution in [0.4, 0.5) is 39.5 Å². The summed E-state index contributed by atoms with van der Waals surface area (Å²) in [5, 5.41) is 49.3. The quantitative estimate of drug-likeness (QED) is 0.0293. The number of hydrogen-bond donors (Lipinski definition) is 13. The molecule has 1 fully saturated rings. The Morgan fingerprint density at radius 2 is 1.14 bits per heavy atom. The highest BCUT2D eigenvalue weighted by molar-refractivity contribution is 5.97. The first-order valence-electron chi connectivity index (χ1n) is 23.9. The first-order chi connectivity index (χ1) is 36.6. The Kier molecular flexibility index (Phi) is 32.4. The van der Waals surface area contributed by atoms with Crippen molar-refractivity contribution in [3.05, 3.63) is 29.8 Å². The van der Waals surface area contributed by atoms with Gasteiger partial charge in [0.15, 0.2) is 11.9 Å². The number of carboxylic acids is 4. The summed E-state index contributed by atoms with van der Waals surface area (Å²) >= 11 is 0. The summed E-state index contributed by atoms with van der Waals surface area (Å²) in [4.78, 5) is 119. The van der Waals surface area contributed by atoms with Crippen molar-refractivity contribution < 1.29 is 108 Å². The van der Waals surface area contributed by atoms with E-state index in [1.165, 1.54) is 29.0 Å². The molecule has 18 N–H and O–H groups in total. The topological polar surface area (TPSA) is 452 Å². The standard InChI is InChI=1S/C39H66N12O8.3C2HF3O2/c1-6-23(4)31(34(55)49-29(37(58)59)20-22(2)3)50(5)35(56)28(21-24-13-15-25(52)16-14-24)48-33(54)30-12-9-19-51(30)36(57)27(11-8-18-46-39(43)44)47-32(53)26(40)10-7-17-45-38(41)42;3*3-2(4,5)1(6)7/h13-16,22-23,26-31,52H,6-12,17-21,40H2,1-5H3,(H,47,53)(H,48,54)(H,49,55)(H,58,59)(H4,41,42,45)(H4,43,44,46);3*(H,6,7)/t23-,26-,27-,28-,29-,30-,31-;;;/m0.../s1. The van der Waals surface area contributed by atoms with Crippen LogP contribution in [0.15, 0.2) is 34.3 Å². The summed E-state index contributed by atoms with van der Waals surface area (Å²) in [6, 6.07) is -0.538. The van der Waals surface area contributed by atoms with Crippen molar-refractivity contribution in [3.63, 3.8) is 0 Å². The van der Waals surface area contributed by atoms with Crippen LogP contribution in [0.2, 0.25) is 0 Å². The molecule has 0 aliphatic carbocycles. The van der Waals surface area contributed by atoms with E-state index in [1.54, 1.807) is 19.1 Å². The van der Waals surface area contributed by atoms with E-state index in [9.17, 15) is 78.5 Å². The number of benzene rings is 1. The highest BCUT2D eigenvalue weighted by Gasteiger charge is 2.42. The van der Waals surface area contributed by atoms with E-state index in [-0.39, 0.29) is 75.3 Å². The van der Waals surface area contributed by atoms with E-state index in [1.807, 2.05) is 20.8 Å². The highest BCUT2D eigenvalue weighted by atomic mass is 19.4. The Bertz CT molecular complexity index is 2210. The number of aliphatic imine (C=N–C) groups is 2. The van der Waals surface area contributed by atoms with Crippen molar-refractivity contribution in [2.75, 3.05) is 26.7 Å².